The quantitative estimate of drug-likeness (QED) is 0.707. The fourth-order valence-electron chi connectivity index (χ4n) is 6.80. The van der Waals surface area contributed by atoms with E-state index in [-0.39, 0.29) is 23.8 Å². The Morgan fingerprint density at radius 3 is 2.50 bits per heavy atom. The number of nitrogens with zero attached hydrogens (tertiary/aromatic N) is 1. The number of fused-ring (bicyclic) bond motifs is 7. The molecule has 6 heteroatoms. The van der Waals surface area contributed by atoms with Crippen LogP contribution in [0.3, 0.4) is 0 Å². The second kappa shape index (κ2) is 5.79. The Morgan fingerprint density at radius 2 is 1.73 bits per heavy atom. The second-order valence-corrected chi connectivity index (χ2v) is 9.09. The number of hydrogen-bond acceptors (Lipinski definition) is 3. The Balaban J connectivity index is 1.58. The van der Waals surface area contributed by atoms with Gasteiger partial charge in [-0.05, 0) is 31.0 Å². The molecule has 6 nitrogen and oxygen atoms in total. The van der Waals surface area contributed by atoms with Crippen molar-refractivity contribution < 1.29 is 19.3 Å². The first-order valence-electron chi connectivity index (χ1n) is 10.7. The van der Waals surface area contributed by atoms with Crippen molar-refractivity contribution in [2.75, 3.05) is 16.8 Å². The molecular formula is C24H24N3O3+. The summed E-state index contributed by atoms with van der Waals surface area (Å²) in [6.07, 6.45) is 1.83. The first-order chi connectivity index (χ1) is 14.5. The van der Waals surface area contributed by atoms with Crippen LogP contribution >= 0.6 is 0 Å². The number of para-hydroxylation sites is 2. The zero-order valence-corrected chi connectivity index (χ0v) is 17.1. The minimum Gasteiger partial charge on any atom is -0.320 e. The van der Waals surface area contributed by atoms with Crippen molar-refractivity contribution in [3.05, 3.63) is 59.2 Å². The third-order valence-corrected chi connectivity index (χ3v) is 7.79. The van der Waals surface area contributed by atoms with E-state index >= 15 is 0 Å². The summed E-state index contributed by atoms with van der Waals surface area (Å²) in [5, 5.41) is 3.03. The molecule has 1 spiro atoms. The summed E-state index contributed by atoms with van der Waals surface area (Å²) in [6, 6.07) is 13.5. The summed E-state index contributed by atoms with van der Waals surface area (Å²) < 4.78 is 0. The second-order valence-electron chi connectivity index (χ2n) is 9.09. The number of nitrogens with one attached hydrogen (secondary N) is 2. The lowest BCUT2D eigenvalue weighted by Crippen LogP contribution is -3.19. The van der Waals surface area contributed by atoms with Crippen molar-refractivity contribution in [1.82, 2.24) is 0 Å². The molecule has 6 rings (SSSR count). The Bertz CT molecular complexity index is 1120. The molecule has 3 fully saturated rings. The molecule has 0 bridgehead atoms. The maximum Gasteiger partial charge on any atom is 0.291 e. The molecule has 0 saturated carbocycles. The normalized spacial score (nSPS) is 33.8. The summed E-state index contributed by atoms with van der Waals surface area (Å²) in [5.74, 6) is -1.61. The summed E-state index contributed by atoms with van der Waals surface area (Å²) in [5.41, 5.74) is 3.11. The van der Waals surface area contributed by atoms with E-state index in [1.807, 2.05) is 56.3 Å². The van der Waals surface area contributed by atoms with Crippen LogP contribution in [0.25, 0.3) is 0 Å². The Labute approximate surface area is 174 Å². The van der Waals surface area contributed by atoms with Crippen LogP contribution in [0.5, 0.6) is 0 Å². The zero-order valence-electron chi connectivity index (χ0n) is 17.1. The van der Waals surface area contributed by atoms with Crippen LogP contribution in [0, 0.1) is 25.7 Å². The molecule has 5 atom stereocenters. The number of rotatable bonds is 1. The number of carbonyl (C=O) groups excluding carboxylic acids is 3. The van der Waals surface area contributed by atoms with Gasteiger partial charge in [-0.15, -0.1) is 0 Å². The van der Waals surface area contributed by atoms with Gasteiger partial charge in [-0.25, -0.2) is 4.90 Å². The van der Waals surface area contributed by atoms with Crippen LogP contribution in [0.15, 0.2) is 42.5 Å². The minimum absolute atomic E-state index is 0.00215. The van der Waals surface area contributed by atoms with Gasteiger partial charge in [0.25, 0.3) is 5.91 Å². The topological polar surface area (TPSA) is 70.9 Å². The average molecular weight is 402 g/mol. The van der Waals surface area contributed by atoms with E-state index in [2.05, 4.69) is 5.32 Å². The fourth-order valence-corrected chi connectivity index (χ4v) is 6.80. The van der Waals surface area contributed by atoms with E-state index in [0.717, 1.165) is 46.7 Å². The lowest BCUT2D eigenvalue weighted by Gasteiger charge is -2.33. The van der Waals surface area contributed by atoms with E-state index in [9.17, 15) is 14.4 Å². The van der Waals surface area contributed by atoms with Gasteiger partial charge in [-0.2, -0.15) is 0 Å². The highest BCUT2D eigenvalue weighted by Crippen LogP contribution is 2.52. The number of benzene rings is 2. The smallest absolute Gasteiger partial charge is 0.291 e. The molecule has 2 aromatic rings. The number of amides is 3. The van der Waals surface area contributed by atoms with Gasteiger partial charge in [0, 0.05) is 18.4 Å². The predicted molar refractivity (Wildman–Crippen MR) is 111 cm³/mol. The van der Waals surface area contributed by atoms with Crippen molar-refractivity contribution in [3.63, 3.8) is 0 Å². The predicted octanol–water partition coefficient (Wildman–Crippen LogP) is 1.32. The molecule has 152 valence electrons. The van der Waals surface area contributed by atoms with Crippen LogP contribution in [0.1, 0.15) is 29.5 Å². The lowest BCUT2D eigenvalue weighted by atomic mass is 9.75. The van der Waals surface area contributed by atoms with E-state index in [0.29, 0.717) is 5.69 Å². The van der Waals surface area contributed by atoms with Gasteiger partial charge in [-0.1, -0.05) is 36.4 Å². The monoisotopic (exact) mass is 402 g/mol. The van der Waals surface area contributed by atoms with E-state index < -0.39 is 17.4 Å². The van der Waals surface area contributed by atoms with Gasteiger partial charge < -0.3 is 10.2 Å². The third kappa shape index (κ3) is 1.86. The van der Waals surface area contributed by atoms with Crippen LogP contribution in [0.2, 0.25) is 0 Å². The van der Waals surface area contributed by atoms with Crippen LogP contribution in [-0.2, 0) is 19.9 Å². The minimum atomic E-state index is -1.01. The molecular weight excluding hydrogens is 378 g/mol. The van der Waals surface area contributed by atoms with Gasteiger partial charge in [0.05, 0.1) is 17.9 Å². The SMILES string of the molecule is Cc1cccc(C)c1N1C(=O)[C@H]2[C@@H](C1=O)[C@]1(C(=O)Nc3ccccc31)[NH+]1CCC[C@@H]21. The molecule has 4 heterocycles. The van der Waals surface area contributed by atoms with E-state index in [1.54, 1.807) is 0 Å². The molecule has 0 aliphatic carbocycles. The molecule has 3 saturated heterocycles. The first-order valence-corrected chi connectivity index (χ1v) is 10.7. The molecule has 0 aromatic heterocycles. The molecule has 4 aliphatic heterocycles. The number of carbonyl (C=O) groups is 3. The lowest BCUT2D eigenvalue weighted by molar-refractivity contribution is -0.948. The van der Waals surface area contributed by atoms with Crippen LogP contribution < -0.4 is 15.1 Å². The van der Waals surface area contributed by atoms with Gasteiger partial charge in [-0.3, -0.25) is 14.4 Å². The molecule has 2 aromatic carbocycles. The summed E-state index contributed by atoms with van der Waals surface area (Å²) in [6.45, 7) is 4.66. The molecule has 0 radical (unpaired) electrons. The highest BCUT2D eigenvalue weighted by atomic mass is 16.2. The van der Waals surface area contributed by atoms with Crippen molar-refractivity contribution >= 4 is 29.1 Å². The Kier molecular flexibility index (Phi) is 3.44. The average Bonchev–Trinajstić information content (AvgIpc) is 3.42. The van der Waals surface area contributed by atoms with Crippen LogP contribution in [0.4, 0.5) is 11.4 Å². The van der Waals surface area contributed by atoms with Crippen molar-refractivity contribution in [2.24, 2.45) is 11.8 Å². The number of anilines is 2. The van der Waals surface area contributed by atoms with Gasteiger partial charge >= 0.3 is 0 Å². The molecule has 4 aliphatic rings. The van der Waals surface area contributed by atoms with Crippen LogP contribution in [-0.4, -0.2) is 30.3 Å². The maximum absolute atomic E-state index is 14.0. The van der Waals surface area contributed by atoms with Gasteiger partial charge in [0.2, 0.25) is 17.4 Å². The highest BCUT2D eigenvalue weighted by molar-refractivity contribution is 6.25. The Morgan fingerprint density at radius 1 is 1.00 bits per heavy atom. The summed E-state index contributed by atoms with van der Waals surface area (Å²) in [4.78, 5) is 43.8. The number of aryl methyl sites for hydroxylation is 2. The number of quaternary nitrogens is 1. The largest absolute Gasteiger partial charge is 0.320 e. The number of imide groups is 1. The van der Waals surface area contributed by atoms with Gasteiger partial charge in [0.1, 0.15) is 17.9 Å². The Hall–Kier alpha value is -2.99. The summed E-state index contributed by atoms with van der Waals surface area (Å²) >= 11 is 0. The van der Waals surface area contributed by atoms with Crippen molar-refractivity contribution in [1.29, 1.82) is 0 Å². The third-order valence-electron chi connectivity index (χ3n) is 7.79. The maximum atomic E-state index is 14.0. The first kappa shape index (κ1) is 17.8. The van der Waals surface area contributed by atoms with Crippen molar-refractivity contribution in [3.8, 4) is 0 Å². The standard InChI is InChI=1S/C24H23N3O3/c1-13-7-5-8-14(2)20(13)27-21(28)18-17-11-6-12-26(17)24(19(18)22(27)29)15-9-3-4-10-16(15)25-23(24)30/h3-5,7-10,17-19H,6,11-12H2,1-2H3,(H,25,30)/p+1/t17-,18+,19-,24+/m0/s1. The highest BCUT2D eigenvalue weighted by Gasteiger charge is 2.78. The fraction of sp³-hybridized carbons (Fsp3) is 0.375. The number of hydrogen-bond donors (Lipinski definition) is 2. The van der Waals surface area contributed by atoms with Gasteiger partial charge in [0.15, 0.2) is 0 Å². The molecule has 30 heavy (non-hydrogen) atoms. The molecule has 2 N–H and O–H groups in total. The van der Waals surface area contributed by atoms with E-state index in [1.165, 1.54) is 4.90 Å². The van der Waals surface area contributed by atoms with Crippen molar-refractivity contribution in [2.45, 2.75) is 38.3 Å². The van der Waals surface area contributed by atoms with E-state index in [4.69, 9.17) is 0 Å². The molecule has 3 amide bonds. The zero-order chi connectivity index (χ0) is 20.8. The molecule has 1 unspecified atom stereocenters. The summed E-state index contributed by atoms with van der Waals surface area (Å²) in [7, 11) is 0.